The maximum Gasteiger partial charge on any atom is 0.146 e. The Hall–Kier alpha value is -1.86. The number of rotatable bonds is 4. The third-order valence-corrected chi connectivity index (χ3v) is 4.94. The number of hydrogen-bond acceptors (Lipinski definition) is 3. The summed E-state index contributed by atoms with van der Waals surface area (Å²) >= 11 is 0. The van der Waals surface area contributed by atoms with Crippen molar-refractivity contribution in [2.75, 3.05) is 26.0 Å². The summed E-state index contributed by atoms with van der Waals surface area (Å²) in [6.45, 7) is 2.10. The fourth-order valence-corrected chi connectivity index (χ4v) is 3.50. The van der Waals surface area contributed by atoms with Crippen molar-refractivity contribution in [2.24, 2.45) is 4.99 Å². The van der Waals surface area contributed by atoms with Crippen LogP contribution in [0.1, 0.15) is 11.1 Å². The lowest BCUT2D eigenvalue weighted by Crippen LogP contribution is -2.15. The van der Waals surface area contributed by atoms with Gasteiger partial charge in [-0.2, -0.15) is 0 Å². The minimum atomic E-state index is 0.364. The van der Waals surface area contributed by atoms with Gasteiger partial charge >= 0.3 is 0 Å². The second kappa shape index (κ2) is 6.73. The SMILES string of the molecule is CN=Cc1cccc(C)c1Pc1cccc(N(C)C)c1O. The smallest absolute Gasteiger partial charge is 0.146 e. The van der Waals surface area contributed by atoms with Gasteiger partial charge in [-0.15, -0.1) is 0 Å². The number of hydrogen-bond donors (Lipinski definition) is 1. The highest BCUT2D eigenvalue weighted by atomic mass is 31.1. The van der Waals surface area contributed by atoms with Crippen molar-refractivity contribution in [2.45, 2.75) is 6.92 Å². The Labute approximate surface area is 128 Å². The number of phenolic OH excluding ortho intramolecular Hbond substituents is 1. The van der Waals surface area contributed by atoms with Gasteiger partial charge in [0.05, 0.1) is 5.69 Å². The van der Waals surface area contributed by atoms with E-state index in [4.69, 9.17) is 0 Å². The summed E-state index contributed by atoms with van der Waals surface area (Å²) in [5.41, 5.74) is 3.19. The quantitative estimate of drug-likeness (QED) is 0.695. The number of aliphatic imine (C=N–C) groups is 1. The van der Waals surface area contributed by atoms with Crippen LogP contribution in [-0.4, -0.2) is 32.5 Å². The van der Waals surface area contributed by atoms with Crippen molar-refractivity contribution in [1.29, 1.82) is 0 Å². The molecule has 1 atom stereocenters. The molecule has 0 amide bonds. The minimum Gasteiger partial charge on any atom is -0.505 e. The first-order valence-electron chi connectivity index (χ1n) is 6.82. The molecule has 4 heteroatoms. The van der Waals surface area contributed by atoms with E-state index in [1.807, 2.05) is 49.5 Å². The molecule has 0 radical (unpaired) electrons. The zero-order chi connectivity index (χ0) is 15.4. The highest BCUT2D eigenvalue weighted by Gasteiger charge is 2.12. The van der Waals surface area contributed by atoms with Crippen LogP contribution in [0.3, 0.4) is 0 Å². The molecule has 1 unspecified atom stereocenters. The predicted molar refractivity (Wildman–Crippen MR) is 94.7 cm³/mol. The average molecular weight is 300 g/mol. The van der Waals surface area contributed by atoms with E-state index in [1.54, 1.807) is 7.05 Å². The lowest BCUT2D eigenvalue weighted by Gasteiger charge is -2.17. The molecule has 1 N–H and O–H groups in total. The van der Waals surface area contributed by atoms with E-state index in [2.05, 4.69) is 24.0 Å². The number of phenols is 1. The van der Waals surface area contributed by atoms with Crippen LogP contribution in [0, 0.1) is 6.92 Å². The molecule has 0 aliphatic rings. The van der Waals surface area contributed by atoms with Gasteiger partial charge in [0.2, 0.25) is 0 Å². The van der Waals surface area contributed by atoms with E-state index in [-0.39, 0.29) is 0 Å². The van der Waals surface area contributed by atoms with E-state index in [0.29, 0.717) is 14.3 Å². The summed E-state index contributed by atoms with van der Waals surface area (Å²) in [5, 5.41) is 12.7. The standard InChI is InChI=1S/C17H21N2OP/c1-12-7-5-8-13(11-18-2)17(12)21-15-10-6-9-14(16(15)20)19(3)4/h5-11,20-21H,1-4H3. The van der Waals surface area contributed by atoms with Gasteiger partial charge in [-0.05, 0) is 23.9 Å². The van der Waals surface area contributed by atoms with Crippen LogP contribution in [-0.2, 0) is 0 Å². The van der Waals surface area contributed by atoms with Gasteiger partial charge in [-0.25, -0.2) is 0 Å². The molecule has 0 bridgehead atoms. The zero-order valence-electron chi connectivity index (χ0n) is 12.9. The topological polar surface area (TPSA) is 35.8 Å². The summed E-state index contributed by atoms with van der Waals surface area (Å²) in [6.07, 6.45) is 1.88. The van der Waals surface area contributed by atoms with Crippen LogP contribution in [0.5, 0.6) is 5.75 Å². The van der Waals surface area contributed by atoms with E-state index in [1.165, 1.54) is 10.9 Å². The molecular formula is C17H21N2OP. The van der Waals surface area contributed by atoms with Crippen molar-refractivity contribution >= 4 is 31.1 Å². The number of para-hydroxylation sites is 1. The van der Waals surface area contributed by atoms with E-state index >= 15 is 0 Å². The minimum absolute atomic E-state index is 0.364. The fourth-order valence-electron chi connectivity index (χ4n) is 2.24. The van der Waals surface area contributed by atoms with Gasteiger partial charge in [0.25, 0.3) is 0 Å². The maximum absolute atomic E-state index is 10.5. The molecule has 0 heterocycles. The van der Waals surface area contributed by atoms with Crippen LogP contribution in [0.4, 0.5) is 5.69 Å². The predicted octanol–water partition coefficient (Wildman–Crippen LogP) is 2.44. The summed E-state index contributed by atoms with van der Waals surface area (Å²) in [6, 6.07) is 12.1. The van der Waals surface area contributed by atoms with Crippen molar-refractivity contribution < 1.29 is 5.11 Å². The molecule has 21 heavy (non-hydrogen) atoms. The Kier molecular flexibility index (Phi) is 4.98. The van der Waals surface area contributed by atoms with E-state index in [0.717, 1.165) is 16.6 Å². The normalized spacial score (nSPS) is 11.6. The number of anilines is 1. The molecule has 0 fully saturated rings. The highest BCUT2D eigenvalue weighted by Crippen LogP contribution is 2.29. The van der Waals surface area contributed by atoms with Crippen molar-refractivity contribution in [3.63, 3.8) is 0 Å². The van der Waals surface area contributed by atoms with Crippen LogP contribution in [0.15, 0.2) is 41.4 Å². The third kappa shape index (κ3) is 3.43. The molecule has 0 aromatic heterocycles. The molecule has 2 aromatic carbocycles. The van der Waals surface area contributed by atoms with E-state index in [9.17, 15) is 5.11 Å². The largest absolute Gasteiger partial charge is 0.505 e. The lowest BCUT2D eigenvalue weighted by atomic mass is 10.1. The second-order valence-corrected chi connectivity index (χ2v) is 6.41. The number of aryl methyl sites for hydroxylation is 1. The molecule has 0 saturated carbocycles. The van der Waals surface area contributed by atoms with Gasteiger partial charge in [-0.3, -0.25) is 4.99 Å². The maximum atomic E-state index is 10.5. The summed E-state index contributed by atoms with van der Waals surface area (Å²) in [5.74, 6) is 0.364. The van der Waals surface area contributed by atoms with Gasteiger partial charge in [0, 0.05) is 38.2 Å². The Morgan fingerprint density at radius 3 is 2.52 bits per heavy atom. The van der Waals surface area contributed by atoms with Gasteiger partial charge < -0.3 is 10.0 Å². The molecule has 3 nitrogen and oxygen atoms in total. The monoisotopic (exact) mass is 300 g/mol. The summed E-state index contributed by atoms with van der Waals surface area (Å²) in [4.78, 5) is 6.05. The van der Waals surface area contributed by atoms with Crippen molar-refractivity contribution in [3.8, 4) is 5.75 Å². The lowest BCUT2D eigenvalue weighted by molar-refractivity contribution is 0.480. The fraction of sp³-hybridized carbons (Fsp3) is 0.235. The van der Waals surface area contributed by atoms with Gasteiger partial charge in [0.15, 0.2) is 0 Å². The van der Waals surface area contributed by atoms with Crippen LogP contribution >= 0.6 is 8.58 Å². The molecule has 0 aliphatic heterocycles. The first-order chi connectivity index (χ1) is 10.0. The molecule has 0 spiro atoms. The van der Waals surface area contributed by atoms with Gasteiger partial charge in [0.1, 0.15) is 5.75 Å². The summed E-state index contributed by atoms with van der Waals surface area (Å²) < 4.78 is 0. The average Bonchev–Trinajstić information content (AvgIpc) is 2.44. The van der Waals surface area contributed by atoms with Crippen LogP contribution in [0.2, 0.25) is 0 Å². The first kappa shape index (κ1) is 15.5. The van der Waals surface area contributed by atoms with E-state index < -0.39 is 0 Å². The molecule has 2 aromatic rings. The number of aromatic hydroxyl groups is 1. The van der Waals surface area contributed by atoms with Crippen LogP contribution < -0.4 is 15.5 Å². The molecule has 2 rings (SSSR count). The number of benzene rings is 2. The second-order valence-electron chi connectivity index (χ2n) is 5.12. The van der Waals surface area contributed by atoms with Gasteiger partial charge in [-0.1, -0.05) is 38.9 Å². The Morgan fingerprint density at radius 2 is 1.86 bits per heavy atom. The van der Waals surface area contributed by atoms with Crippen molar-refractivity contribution in [1.82, 2.24) is 0 Å². The highest BCUT2D eigenvalue weighted by molar-refractivity contribution is 7.56. The Balaban J connectivity index is 2.46. The molecule has 0 aliphatic carbocycles. The number of nitrogens with zero attached hydrogens (tertiary/aromatic N) is 2. The summed E-state index contributed by atoms with van der Waals surface area (Å²) in [7, 11) is 6.05. The zero-order valence-corrected chi connectivity index (χ0v) is 13.9. The Bertz CT molecular complexity index is 666. The Morgan fingerprint density at radius 1 is 1.14 bits per heavy atom. The third-order valence-electron chi connectivity index (χ3n) is 3.33. The first-order valence-corrected chi connectivity index (χ1v) is 7.82. The molecule has 110 valence electrons. The van der Waals surface area contributed by atoms with Crippen molar-refractivity contribution in [3.05, 3.63) is 47.5 Å². The molecule has 0 saturated heterocycles. The van der Waals surface area contributed by atoms with Crippen LogP contribution in [0.25, 0.3) is 0 Å². The molecular weight excluding hydrogens is 279 g/mol.